The highest BCUT2D eigenvalue weighted by Crippen LogP contribution is 2.21. The molecule has 2 fully saturated rings. The number of primary amides is 1. The molecule has 5 nitrogen and oxygen atoms in total. The zero-order valence-corrected chi connectivity index (χ0v) is 12.7. The van der Waals surface area contributed by atoms with E-state index in [0.717, 1.165) is 13.1 Å². The fraction of sp³-hybridized carbons (Fsp3) is 0.867. The molecular weight excluding hydrogens is 254 g/mol. The number of likely N-dealkylation sites (tertiary alicyclic amines) is 2. The molecule has 0 unspecified atom stereocenters. The van der Waals surface area contributed by atoms with Crippen molar-refractivity contribution in [2.75, 3.05) is 32.7 Å². The van der Waals surface area contributed by atoms with E-state index in [1.165, 1.54) is 6.42 Å². The SMILES string of the molecule is C[C@@H]1C[C@H](C)CN(CC(=O)N2CCC(C(N)=O)CC2)C1. The van der Waals surface area contributed by atoms with Crippen LogP contribution >= 0.6 is 0 Å². The number of piperidine rings is 2. The van der Waals surface area contributed by atoms with Crippen molar-refractivity contribution in [1.82, 2.24) is 9.80 Å². The van der Waals surface area contributed by atoms with Gasteiger partial charge in [-0.15, -0.1) is 0 Å². The summed E-state index contributed by atoms with van der Waals surface area (Å²) in [6.07, 6.45) is 2.69. The van der Waals surface area contributed by atoms with Crippen LogP contribution in [0.15, 0.2) is 0 Å². The maximum Gasteiger partial charge on any atom is 0.236 e. The molecule has 2 rings (SSSR count). The zero-order chi connectivity index (χ0) is 14.7. The average molecular weight is 281 g/mol. The fourth-order valence-corrected chi connectivity index (χ4v) is 3.63. The third-order valence-corrected chi connectivity index (χ3v) is 4.55. The standard InChI is InChI=1S/C15H27N3O2/c1-11-7-12(2)9-17(8-11)10-14(19)18-5-3-13(4-6-18)15(16)20/h11-13H,3-10H2,1-2H3,(H2,16,20)/t11-,12+. The number of nitrogens with zero attached hydrogens (tertiary/aromatic N) is 2. The first kappa shape index (κ1) is 15.3. The number of nitrogens with two attached hydrogens (primary N) is 1. The molecule has 2 amide bonds. The van der Waals surface area contributed by atoms with Crippen molar-refractivity contribution in [2.24, 2.45) is 23.5 Å². The zero-order valence-electron chi connectivity index (χ0n) is 12.7. The normalized spacial score (nSPS) is 29.4. The summed E-state index contributed by atoms with van der Waals surface area (Å²) in [6, 6.07) is 0. The third-order valence-electron chi connectivity index (χ3n) is 4.55. The molecule has 0 spiro atoms. The Balaban J connectivity index is 1.79. The van der Waals surface area contributed by atoms with Crippen LogP contribution in [0.3, 0.4) is 0 Å². The predicted molar refractivity (Wildman–Crippen MR) is 77.9 cm³/mol. The Bertz CT molecular complexity index is 354. The van der Waals surface area contributed by atoms with Crippen molar-refractivity contribution >= 4 is 11.8 Å². The molecular formula is C15H27N3O2. The number of rotatable bonds is 3. The van der Waals surface area contributed by atoms with Crippen LogP contribution in [-0.4, -0.2) is 54.3 Å². The Morgan fingerprint density at radius 1 is 1.10 bits per heavy atom. The summed E-state index contributed by atoms with van der Waals surface area (Å²) in [7, 11) is 0. The van der Waals surface area contributed by atoms with E-state index in [2.05, 4.69) is 18.7 Å². The second-order valence-corrected chi connectivity index (χ2v) is 6.70. The van der Waals surface area contributed by atoms with Crippen molar-refractivity contribution in [3.05, 3.63) is 0 Å². The first-order valence-corrected chi connectivity index (χ1v) is 7.75. The molecule has 2 aliphatic rings. The molecule has 0 aromatic carbocycles. The highest BCUT2D eigenvalue weighted by atomic mass is 16.2. The minimum atomic E-state index is -0.226. The molecule has 2 aliphatic heterocycles. The Labute approximate surface area is 121 Å². The lowest BCUT2D eigenvalue weighted by Gasteiger charge is -2.37. The van der Waals surface area contributed by atoms with Crippen LogP contribution in [0.1, 0.15) is 33.1 Å². The first-order chi connectivity index (χ1) is 9.45. The van der Waals surface area contributed by atoms with Gasteiger partial charge in [-0.05, 0) is 31.1 Å². The van der Waals surface area contributed by atoms with Crippen molar-refractivity contribution in [1.29, 1.82) is 0 Å². The van der Waals surface area contributed by atoms with Gasteiger partial charge in [0.15, 0.2) is 0 Å². The van der Waals surface area contributed by atoms with E-state index in [0.29, 0.717) is 44.3 Å². The second kappa shape index (κ2) is 6.57. The molecule has 0 aliphatic carbocycles. The Hall–Kier alpha value is -1.10. The number of amides is 2. The van der Waals surface area contributed by atoms with E-state index < -0.39 is 0 Å². The molecule has 0 bridgehead atoms. The van der Waals surface area contributed by atoms with Crippen molar-refractivity contribution in [2.45, 2.75) is 33.1 Å². The van der Waals surface area contributed by atoms with Crippen LogP contribution in [0.25, 0.3) is 0 Å². The van der Waals surface area contributed by atoms with Gasteiger partial charge in [-0.3, -0.25) is 14.5 Å². The molecule has 0 aromatic heterocycles. The molecule has 2 N–H and O–H groups in total. The smallest absolute Gasteiger partial charge is 0.236 e. The topological polar surface area (TPSA) is 66.6 Å². The molecule has 2 heterocycles. The Morgan fingerprint density at radius 2 is 1.65 bits per heavy atom. The van der Waals surface area contributed by atoms with Gasteiger partial charge >= 0.3 is 0 Å². The molecule has 2 atom stereocenters. The van der Waals surface area contributed by atoms with Gasteiger partial charge in [0.25, 0.3) is 0 Å². The summed E-state index contributed by atoms with van der Waals surface area (Å²) < 4.78 is 0. The highest BCUT2D eigenvalue weighted by Gasteiger charge is 2.28. The van der Waals surface area contributed by atoms with Crippen molar-refractivity contribution in [3.63, 3.8) is 0 Å². The lowest BCUT2D eigenvalue weighted by molar-refractivity contribution is -0.136. The fourth-order valence-electron chi connectivity index (χ4n) is 3.63. The summed E-state index contributed by atoms with van der Waals surface area (Å²) in [6.45, 7) is 8.42. The van der Waals surface area contributed by atoms with Crippen LogP contribution in [0.5, 0.6) is 0 Å². The van der Waals surface area contributed by atoms with Gasteiger partial charge in [0.05, 0.1) is 6.54 Å². The summed E-state index contributed by atoms with van der Waals surface area (Å²) in [5.41, 5.74) is 5.32. The van der Waals surface area contributed by atoms with Gasteiger partial charge in [0, 0.05) is 32.1 Å². The Morgan fingerprint density at radius 3 is 2.15 bits per heavy atom. The van der Waals surface area contributed by atoms with E-state index in [1.54, 1.807) is 0 Å². The summed E-state index contributed by atoms with van der Waals surface area (Å²) in [5.74, 6) is 1.28. The lowest BCUT2D eigenvalue weighted by Crippen LogP contribution is -2.48. The van der Waals surface area contributed by atoms with Crippen molar-refractivity contribution < 1.29 is 9.59 Å². The Kier molecular flexibility index (Phi) is 5.02. The number of carbonyl (C=O) groups is 2. The quantitative estimate of drug-likeness (QED) is 0.827. The summed E-state index contributed by atoms with van der Waals surface area (Å²) in [5, 5.41) is 0. The van der Waals surface area contributed by atoms with Gasteiger partial charge in [0.1, 0.15) is 0 Å². The molecule has 114 valence electrons. The number of hydrogen-bond acceptors (Lipinski definition) is 3. The van der Waals surface area contributed by atoms with Crippen LogP contribution in [0.2, 0.25) is 0 Å². The van der Waals surface area contributed by atoms with Crippen LogP contribution in [-0.2, 0) is 9.59 Å². The van der Waals surface area contributed by atoms with Gasteiger partial charge < -0.3 is 10.6 Å². The highest BCUT2D eigenvalue weighted by molar-refractivity contribution is 5.80. The maximum atomic E-state index is 12.3. The summed E-state index contributed by atoms with van der Waals surface area (Å²) >= 11 is 0. The first-order valence-electron chi connectivity index (χ1n) is 7.75. The van der Waals surface area contributed by atoms with Crippen LogP contribution in [0, 0.1) is 17.8 Å². The van der Waals surface area contributed by atoms with Gasteiger partial charge in [-0.2, -0.15) is 0 Å². The molecule has 0 saturated carbocycles. The van der Waals surface area contributed by atoms with E-state index in [1.807, 2.05) is 4.90 Å². The van der Waals surface area contributed by atoms with E-state index in [9.17, 15) is 9.59 Å². The molecule has 0 aromatic rings. The van der Waals surface area contributed by atoms with E-state index >= 15 is 0 Å². The minimum Gasteiger partial charge on any atom is -0.369 e. The van der Waals surface area contributed by atoms with Gasteiger partial charge in [-0.25, -0.2) is 0 Å². The molecule has 2 saturated heterocycles. The number of hydrogen-bond donors (Lipinski definition) is 1. The molecule has 5 heteroatoms. The largest absolute Gasteiger partial charge is 0.369 e. The molecule has 20 heavy (non-hydrogen) atoms. The predicted octanol–water partition coefficient (Wildman–Crippen LogP) is 0.688. The minimum absolute atomic E-state index is 0.0471. The third kappa shape index (κ3) is 3.95. The van der Waals surface area contributed by atoms with Crippen molar-refractivity contribution in [3.8, 4) is 0 Å². The van der Waals surface area contributed by atoms with E-state index in [4.69, 9.17) is 5.73 Å². The van der Waals surface area contributed by atoms with Crippen LogP contribution in [0.4, 0.5) is 0 Å². The maximum absolute atomic E-state index is 12.3. The van der Waals surface area contributed by atoms with Gasteiger partial charge in [-0.1, -0.05) is 13.8 Å². The van der Waals surface area contributed by atoms with E-state index in [-0.39, 0.29) is 17.7 Å². The van der Waals surface area contributed by atoms with Crippen LogP contribution < -0.4 is 5.73 Å². The lowest BCUT2D eigenvalue weighted by atomic mass is 9.92. The number of carbonyl (C=O) groups excluding carboxylic acids is 2. The summed E-state index contributed by atoms with van der Waals surface area (Å²) in [4.78, 5) is 27.6. The molecule has 0 radical (unpaired) electrons. The van der Waals surface area contributed by atoms with Gasteiger partial charge in [0.2, 0.25) is 11.8 Å². The monoisotopic (exact) mass is 281 g/mol. The second-order valence-electron chi connectivity index (χ2n) is 6.70. The average Bonchev–Trinajstić information content (AvgIpc) is 2.37.